The molecule has 1 aliphatic rings. The SMILES string of the molecule is CCC(=O)CCCN1CCCC(N)C1. The van der Waals surface area contributed by atoms with E-state index in [1.165, 1.54) is 6.42 Å². The number of carbonyl (C=O) groups excluding carboxylic acids is 1. The summed E-state index contributed by atoms with van der Waals surface area (Å²) in [5, 5.41) is 0. The molecule has 3 nitrogen and oxygen atoms in total. The summed E-state index contributed by atoms with van der Waals surface area (Å²) >= 11 is 0. The molecule has 1 unspecified atom stereocenters. The Labute approximate surface area is 86.6 Å². The fourth-order valence-corrected chi connectivity index (χ4v) is 1.97. The van der Waals surface area contributed by atoms with Gasteiger partial charge in [0, 0.05) is 25.4 Å². The van der Waals surface area contributed by atoms with Crippen LogP contribution in [0.4, 0.5) is 0 Å². The highest BCUT2D eigenvalue weighted by Crippen LogP contribution is 2.09. The van der Waals surface area contributed by atoms with E-state index >= 15 is 0 Å². The molecule has 0 spiro atoms. The minimum atomic E-state index is 0.352. The smallest absolute Gasteiger partial charge is 0.132 e. The monoisotopic (exact) mass is 198 g/mol. The van der Waals surface area contributed by atoms with Gasteiger partial charge in [-0.2, -0.15) is 0 Å². The maximum absolute atomic E-state index is 11.1. The Kier molecular flexibility index (Phi) is 5.12. The quantitative estimate of drug-likeness (QED) is 0.721. The van der Waals surface area contributed by atoms with Gasteiger partial charge in [0.15, 0.2) is 0 Å². The van der Waals surface area contributed by atoms with Gasteiger partial charge in [-0.15, -0.1) is 0 Å². The lowest BCUT2D eigenvalue weighted by atomic mass is 10.1. The molecule has 3 heteroatoms. The summed E-state index contributed by atoms with van der Waals surface area (Å²) in [6.07, 6.45) is 4.79. The summed E-state index contributed by atoms with van der Waals surface area (Å²) in [7, 11) is 0. The van der Waals surface area contributed by atoms with Crippen LogP contribution in [0.2, 0.25) is 0 Å². The highest BCUT2D eigenvalue weighted by atomic mass is 16.1. The van der Waals surface area contributed by atoms with Crippen molar-refractivity contribution in [2.45, 2.75) is 45.1 Å². The van der Waals surface area contributed by atoms with E-state index in [0.29, 0.717) is 18.2 Å². The van der Waals surface area contributed by atoms with Gasteiger partial charge < -0.3 is 10.6 Å². The molecular formula is C11H22N2O. The first-order valence-electron chi connectivity index (χ1n) is 5.72. The van der Waals surface area contributed by atoms with Gasteiger partial charge in [-0.25, -0.2) is 0 Å². The maximum Gasteiger partial charge on any atom is 0.132 e. The van der Waals surface area contributed by atoms with Crippen LogP contribution in [0.25, 0.3) is 0 Å². The predicted molar refractivity (Wildman–Crippen MR) is 58.2 cm³/mol. The van der Waals surface area contributed by atoms with Crippen LogP contribution in [-0.2, 0) is 4.79 Å². The first-order valence-corrected chi connectivity index (χ1v) is 5.72. The van der Waals surface area contributed by atoms with Crippen molar-refractivity contribution in [3.05, 3.63) is 0 Å². The average molecular weight is 198 g/mol. The van der Waals surface area contributed by atoms with Gasteiger partial charge in [-0.05, 0) is 32.4 Å². The lowest BCUT2D eigenvalue weighted by Gasteiger charge is -2.30. The number of nitrogens with zero attached hydrogens (tertiary/aromatic N) is 1. The van der Waals surface area contributed by atoms with Gasteiger partial charge >= 0.3 is 0 Å². The number of carbonyl (C=O) groups is 1. The normalized spacial score (nSPS) is 23.7. The van der Waals surface area contributed by atoms with E-state index in [1.807, 2.05) is 6.92 Å². The van der Waals surface area contributed by atoms with Gasteiger partial charge in [0.25, 0.3) is 0 Å². The molecule has 0 aromatic carbocycles. The lowest BCUT2D eigenvalue weighted by Crippen LogP contribution is -2.43. The highest BCUT2D eigenvalue weighted by molar-refractivity contribution is 5.77. The van der Waals surface area contributed by atoms with Crippen LogP contribution >= 0.6 is 0 Å². The molecule has 0 radical (unpaired) electrons. The average Bonchev–Trinajstić information content (AvgIpc) is 2.17. The first-order chi connectivity index (χ1) is 6.72. The van der Waals surface area contributed by atoms with Crippen molar-refractivity contribution in [2.75, 3.05) is 19.6 Å². The Morgan fingerprint density at radius 1 is 1.57 bits per heavy atom. The van der Waals surface area contributed by atoms with Crippen LogP contribution in [0.1, 0.15) is 39.0 Å². The molecule has 1 heterocycles. The van der Waals surface area contributed by atoms with Crippen LogP contribution in [-0.4, -0.2) is 36.4 Å². The maximum atomic E-state index is 11.1. The second-order valence-electron chi connectivity index (χ2n) is 4.20. The topological polar surface area (TPSA) is 46.3 Å². The van der Waals surface area contributed by atoms with E-state index in [-0.39, 0.29) is 0 Å². The predicted octanol–water partition coefficient (Wildman–Crippen LogP) is 1.17. The number of hydrogen-bond acceptors (Lipinski definition) is 3. The summed E-state index contributed by atoms with van der Waals surface area (Å²) in [5.41, 5.74) is 5.87. The van der Waals surface area contributed by atoms with E-state index in [9.17, 15) is 4.79 Å². The molecule has 82 valence electrons. The summed E-state index contributed by atoms with van der Waals surface area (Å²) in [6.45, 7) is 5.15. The van der Waals surface area contributed by atoms with Gasteiger partial charge in [0.1, 0.15) is 5.78 Å². The van der Waals surface area contributed by atoms with Crippen molar-refractivity contribution in [3.63, 3.8) is 0 Å². The zero-order chi connectivity index (χ0) is 10.4. The van der Waals surface area contributed by atoms with Crippen LogP contribution in [0.3, 0.4) is 0 Å². The molecule has 2 N–H and O–H groups in total. The third-order valence-corrected chi connectivity index (χ3v) is 2.87. The number of hydrogen-bond donors (Lipinski definition) is 1. The Morgan fingerprint density at radius 2 is 2.36 bits per heavy atom. The second-order valence-corrected chi connectivity index (χ2v) is 4.20. The number of piperidine rings is 1. The fraction of sp³-hybridized carbons (Fsp3) is 0.909. The standard InChI is InChI=1S/C11H22N2O/c1-2-11(14)6-4-8-13-7-3-5-10(12)9-13/h10H,2-9,12H2,1H3. The Morgan fingerprint density at radius 3 is 3.00 bits per heavy atom. The molecule has 0 amide bonds. The summed E-state index contributed by atoms with van der Waals surface area (Å²) in [5.74, 6) is 0.381. The molecule has 0 aromatic heterocycles. The van der Waals surface area contributed by atoms with Gasteiger partial charge in [-0.3, -0.25) is 4.79 Å². The number of rotatable bonds is 5. The van der Waals surface area contributed by atoms with Crippen molar-refractivity contribution in [1.29, 1.82) is 0 Å². The summed E-state index contributed by atoms with van der Waals surface area (Å²) in [4.78, 5) is 13.5. The lowest BCUT2D eigenvalue weighted by molar-refractivity contribution is -0.118. The van der Waals surface area contributed by atoms with Gasteiger partial charge in [0.05, 0.1) is 0 Å². The third-order valence-electron chi connectivity index (χ3n) is 2.87. The number of nitrogens with two attached hydrogens (primary N) is 1. The van der Waals surface area contributed by atoms with Crippen molar-refractivity contribution in [1.82, 2.24) is 4.90 Å². The van der Waals surface area contributed by atoms with Crippen LogP contribution in [0.15, 0.2) is 0 Å². The molecule has 1 fully saturated rings. The molecule has 0 aliphatic carbocycles. The van der Waals surface area contributed by atoms with E-state index in [4.69, 9.17) is 5.73 Å². The largest absolute Gasteiger partial charge is 0.327 e. The van der Waals surface area contributed by atoms with E-state index < -0.39 is 0 Å². The van der Waals surface area contributed by atoms with Crippen LogP contribution in [0, 0.1) is 0 Å². The highest BCUT2D eigenvalue weighted by Gasteiger charge is 2.15. The fourth-order valence-electron chi connectivity index (χ4n) is 1.97. The zero-order valence-corrected chi connectivity index (χ0v) is 9.17. The van der Waals surface area contributed by atoms with E-state index in [1.54, 1.807) is 0 Å². The van der Waals surface area contributed by atoms with Crippen molar-refractivity contribution >= 4 is 5.78 Å². The molecule has 0 aromatic rings. The van der Waals surface area contributed by atoms with Crippen LogP contribution < -0.4 is 5.73 Å². The number of ketones is 1. The molecule has 1 saturated heterocycles. The van der Waals surface area contributed by atoms with Crippen molar-refractivity contribution in [2.24, 2.45) is 5.73 Å². The molecule has 14 heavy (non-hydrogen) atoms. The Hall–Kier alpha value is -0.410. The number of Topliss-reactive ketones (excluding diaryl/α,β-unsaturated/α-hetero) is 1. The number of likely N-dealkylation sites (tertiary alicyclic amines) is 1. The molecule has 1 aliphatic heterocycles. The Balaban J connectivity index is 2.08. The second kappa shape index (κ2) is 6.14. The van der Waals surface area contributed by atoms with Crippen molar-refractivity contribution < 1.29 is 4.79 Å². The van der Waals surface area contributed by atoms with E-state index in [2.05, 4.69) is 4.90 Å². The molecule has 0 saturated carbocycles. The summed E-state index contributed by atoms with van der Waals surface area (Å²) in [6, 6.07) is 0.352. The first kappa shape index (κ1) is 11.7. The van der Waals surface area contributed by atoms with Crippen molar-refractivity contribution in [3.8, 4) is 0 Å². The van der Waals surface area contributed by atoms with Gasteiger partial charge in [0.2, 0.25) is 0 Å². The van der Waals surface area contributed by atoms with Gasteiger partial charge in [-0.1, -0.05) is 6.92 Å². The Bertz CT molecular complexity index is 182. The minimum absolute atomic E-state index is 0.352. The molecule has 0 bridgehead atoms. The molecule has 1 atom stereocenters. The van der Waals surface area contributed by atoms with Crippen LogP contribution in [0.5, 0.6) is 0 Å². The third kappa shape index (κ3) is 4.20. The van der Waals surface area contributed by atoms with E-state index in [0.717, 1.165) is 38.9 Å². The zero-order valence-electron chi connectivity index (χ0n) is 9.17. The summed E-state index contributed by atoms with van der Waals surface area (Å²) < 4.78 is 0. The molecule has 1 rings (SSSR count). The molecular weight excluding hydrogens is 176 g/mol. The minimum Gasteiger partial charge on any atom is -0.327 e.